The van der Waals surface area contributed by atoms with Crippen LogP contribution in [0.5, 0.6) is 0 Å². The Bertz CT molecular complexity index is 956. The van der Waals surface area contributed by atoms with Gasteiger partial charge in [0.2, 0.25) is 0 Å². The van der Waals surface area contributed by atoms with Crippen LogP contribution < -0.4 is 10.6 Å². The molecule has 0 aliphatic rings. The number of benzene rings is 2. The third-order valence-electron chi connectivity index (χ3n) is 3.95. The number of aryl methyl sites for hydroxylation is 2. The Morgan fingerprint density at radius 3 is 2.56 bits per heavy atom. The summed E-state index contributed by atoms with van der Waals surface area (Å²) in [5.74, 6) is 1.65. The van der Waals surface area contributed by atoms with Crippen LogP contribution in [0.4, 0.5) is 17.3 Å². The number of hydrogen-bond donors (Lipinski definition) is 2. The molecule has 0 saturated carbocycles. The summed E-state index contributed by atoms with van der Waals surface area (Å²) in [6, 6.07) is 17.3. The van der Waals surface area contributed by atoms with Crippen molar-refractivity contribution >= 4 is 23.3 Å². The van der Waals surface area contributed by atoms with Gasteiger partial charge in [0.25, 0.3) is 0 Å². The van der Waals surface area contributed by atoms with E-state index < -0.39 is 0 Å². The number of esters is 1. The monoisotopic (exact) mass is 362 g/mol. The number of hydrogen-bond acceptors (Lipinski definition) is 6. The van der Waals surface area contributed by atoms with Crippen LogP contribution in [0.15, 0.2) is 54.6 Å². The first-order chi connectivity index (χ1) is 13.0. The lowest BCUT2D eigenvalue weighted by Crippen LogP contribution is -2.06. The molecule has 0 amide bonds. The van der Waals surface area contributed by atoms with Crippen LogP contribution in [-0.4, -0.2) is 23.0 Å². The number of anilines is 3. The van der Waals surface area contributed by atoms with E-state index in [1.54, 1.807) is 18.2 Å². The van der Waals surface area contributed by atoms with Crippen molar-refractivity contribution in [3.63, 3.8) is 0 Å². The maximum Gasteiger partial charge on any atom is 0.337 e. The van der Waals surface area contributed by atoms with Gasteiger partial charge in [-0.2, -0.15) is 0 Å². The molecular weight excluding hydrogens is 340 g/mol. The minimum atomic E-state index is -0.377. The van der Waals surface area contributed by atoms with Gasteiger partial charge >= 0.3 is 5.97 Å². The Morgan fingerprint density at radius 2 is 1.78 bits per heavy atom. The summed E-state index contributed by atoms with van der Waals surface area (Å²) < 4.78 is 4.76. The number of rotatable bonds is 6. The molecule has 0 atom stereocenters. The van der Waals surface area contributed by atoms with Crippen LogP contribution in [0.1, 0.15) is 27.3 Å². The number of carbonyl (C=O) groups excluding carboxylic acids is 1. The fourth-order valence-corrected chi connectivity index (χ4v) is 2.73. The zero-order chi connectivity index (χ0) is 19.2. The van der Waals surface area contributed by atoms with E-state index >= 15 is 0 Å². The third kappa shape index (κ3) is 5.04. The summed E-state index contributed by atoms with van der Waals surface area (Å²) in [6.45, 7) is 4.59. The lowest BCUT2D eigenvalue weighted by atomic mass is 10.1. The van der Waals surface area contributed by atoms with Crippen LogP contribution in [0.25, 0.3) is 0 Å². The Hall–Kier alpha value is -3.41. The molecule has 27 heavy (non-hydrogen) atoms. The molecule has 138 valence electrons. The Balaban J connectivity index is 1.74. The topological polar surface area (TPSA) is 76.1 Å². The molecule has 2 aromatic carbocycles. The highest BCUT2D eigenvalue weighted by Crippen LogP contribution is 2.19. The van der Waals surface area contributed by atoms with E-state index in [9.17, 15) is 4.79 Å². The lowest BCUT2D eigenvalue weighted by molar-refractivity contribution is 0.0601. The van der Waals surface area contributed by atoms with Gasteiger partial charge in [0.15, 0.2) is 0 Å². The minimum Gasteiger partial charge on any atom is -0.465 e. The van der Waals surface area contributed by atoms with Crippen LogP contribution in [0, 0.1) is 13.8 Å². The Labute approximate surface area is 158 Å². The van der Waals surface area contributed by atoms with E-state index in [0.717, 1.165) is 11.5 Å². The molecule has 1 aromatic heterocycles. The standard InChI is InChI=1S/C21H22N4O2/c1-14-6-4-7-16(10-14)13-22-19-12-20(24-15(2)23-19)25-18-9-5-8-17(11-18)21(26)27-3/h4-12H,13H2,1-3H3,(H2,22,23,24,25). The average molecular weight is 362 g/mol. The van der Waals surface area contributed by atoms with Crippen molar-refractivity contribution in [1.29, 1.82) is 0 Å². The van der Waals surface area contributed by atoms with Gasteiger partial charge in [0.1, 0.15) is 17.5 Å². The maximum absolute atomic E-state index is 11.7. The van der Waals surface area contributed by atoms with Crippen LogP contribution in [0.2, 0.25) is 0 Å². The van der Waals surface area contributed by atoms with E-state index in [0.29, 0.717) is 23.8 Å². The fraction of sp³-hybridized carbons (Fsp3) is 0.190. The second kappa shape index (κ2) is 8.31. The Morgan fingerprint density at radius 1 is 1.00 bits per heavy atom. The fourth-order valence-electron chi connectivity index (χ4n) is 2.73. The normalized spacial score (nSPS) is 10.3. The van der Waals surface area contributed by atoms with E-state index in [1.807, 2.05) is 25.1 Å². The molecule has 0 bridgehead atoms. The van der Waals surface area contributed by atoms with E-state index in [2.05, 4.69) is 45.7 Å². The van der Waals surface area contributed by atoms with Crippen molar-refractivity contribution in [2.75, 3.05) is 17.7 Å². The van der Waals surface area contributed by atoms with Gasteiger partial charge in [0.05, 0.1) is 12.7 Å². The van der Waals surface area contributed by atoms with Crippen LogP contribution >= 0.6 is 0 Å². The molecule has 0 unspecified atom stereocenters. The van der Waals surface area contributed by atoms with Crippen LogP contribution in [0.3, 0.4) is 0 Å². The summed E-state index contributed by atoms with van der Waals surface area (Å²) in [6.07, 6.45) is 0. The summed E-state index contributed by atoms with van der Waals surface area (Å²) in [5, 5.41) is 6.54. The van der Waals surface area contributed by atoms with Gasteiger partial charge < -0.3 is 15.4 Å². The van der Waals surface area contributed by atoms with E-state index in [4.69, 9.17) is 4.74 Å². The third-order valence-corrected chi connectivity index (χ3v) is 3.95. The second-order valence-electron chi connectivity index (χ2n) is 6.23. The average Bonchev–Trinajstić information content (AvgIpc) is 2.65. The molecule has 1 heterocycles. The first-order valence-electron chi connectivity index (χ1n) is 8.64. The first-order valence-corrected chi connectivity index (χ1v) is 8.64. The van der Waals surface area contributed by atoms with Crippen LogP contribution in [-0.2, 0) is 11.3 Å². The molecule has 6 nitrogen and oxygen atoms in total. The molecule has 0 aliphatic heterocycles. The zero-order valence-corrected chi connectivity index (χ0v) is 15.6. The van der Waals surface area contributed by atoms with Gasteiger partial charge in [0, 0.05) is 18.3 Å². The van der Waals surface area contributed by atoms with Gasteiger partial charge in [-0.1, -0.05) is 35.9 Å². The number of nitrogens with one attached hydrogen (secondary N) is 2. The number of ether oxygens (including phenoxy) is 1. The molecule has 2 N–H and O–H groups in total. The van der Waals surface area contributed by atoms with Gasteiger partial charge in [-0.05, 0) is 37.6 Å². The quantitative estimate of drug-likeness (QED) is 0.639. The van der Waals surface area contributed by atoms with Crippen molar-refractivity contribution < 1.29 is 9.53 Å². The van der Waals surface area contributed by atoms with Crippen molar-refractivity contribution in [2.45, 2.75) is 20.4 Å². The molecule has 0 aliphatic carbocycles. The molecule has 6 heteroatoms. The number of carbonyl (C=O) groups is 1. The minimum absolute atomic E-state index is 0.377. The maximum atomic E-state index is 11.7. The molecule has 3 rings (SSSR count). The molecule has 0 spiro atoms. The zero-order valence-electron chi connectivity index (χ0n) is 15.6. The van der Waals surface area contributed by atoms with E-state index in [-0.39, 0.29) is 5.97 Å². The second-order valence-corrected chi connectivity index (χ2v) is 6.23. The highest BCUT2D eigenvalue weighted by atomic mass is 16.5. The molecular formula is C21H22N4O2. The number of methoxy groups -OCH3 is 1. The lowest BCUT2D eigenvalue weighted by Gasteiger charge is -2.11. The van der Waals surface area contributed by atoms with Crippen molar-refractivity contribution in [3.8, 4) is 0 Å². The SMILES string of the molecule is COC(=O)c1cccc(Nc2cc(NCc3cccc(C)c3)nc(C)n2)c1. The molecule has 3 aromatic rings. The van der Waals surface area contributed by atoms with Gasteiger partial charge in [-0.15, -0.1) is 0 Å². The predicted molar refractivity (Wildman–Crippen MR) is 106 cm³/mol. The summed E-state index contributed by atoms with van der Waals surface area (Å²) in [5.41, 5.74) is 3.64. The molecule has 0 saturated heterocycles. The predicted octanol–water partition coefficient (Wildman–Crippen LogP) is 4.24. The van der Waals surface area contributed by atoms with E-state index in [1.165, 1.54) is 18.2 Å². The molecule has 0 radical (unpaired) electrons. The first kappa shape index (κ1) is 18.4. The molecule has 0 fully saturated rings. The van der Waals surface area contributed by atoms with Crippen molar-refractivity contribution in [3.05, 3.63) is 77.1 Å². The summed E-state index contributed by atoms with van der Waals surface area (Å²) in [4.78, 5) is 20.5. The smallest absolute Gasteiger partial charge is 0.337 e. The highest BCUT2D eigenvalue weighted by molar-refractivity contribution is 5.90. The summed E-state index contributed by atoms with van der Waals surface area (Å²) >= 11 is 0. The van der Waals surface area contributed by atoms with Crippen molar-refractivity contribution in [2.24, 2.45) is 0 Å². The van der Waals surface area contributed by atoms with Gasteiger partial charge in [-0.25, -0.2) is 14.8 Å². The largest absolute Gasteiger partial charge is 0.465 e. The summed E-state index contributed by atoms with van der Waals surface area (Å²) in [7, 11) is 1.36. The van der Waals surface area contributed by atoms with Gasteiger partial charge in [-0.3, -0.25) is 0 Å². The Kier molecular flexibility index (Phi) is 5.66. The highest BCUT2D eigenvalue weighted by Gasteiger charge is 2.07. The number of aromatic nitrogens is 2. The van der Waals surface area contributed by atoms with Crippen molar-refractivity contribution in [1.82, 2.24) is 9.97 Å². The number of nitrogens with zero attached hydrogens (tertiary/aromatic N) is 2.